The minimum atomic E-state index is -4.96. The van der Waals surface area contributed by atoms with Crippen molar-refractivity contribution >= 4 is 39.5 Å². The second kappa shape index (κ2) is 66.4. The van der Waals surface area contributed by atoms with Crippen LogP contribution >= 0.6 is 15.6 Å². The second-order valence-corrected chi connectivity index (χ2v) is 30.0. The van der Waals surface area contributed by atoms with E-state index < -0.39 is 97.5 Å². The van der Waals surface area contributed by atoms with E-state index in [4.69, 9.17) is 37.0 Å². The van der Waals surface area contributed by atoms with Crippen LogP contribution in [-0.4, -0.2) is 96.7 Å². The lowest BCUT2D eigenvalue weighted by Gasteiger charge is -2.21. The molecule has 0 bridgehead atoms. The fraction of sp³-hybridized carbons (Fsp3) is 0.893. The molecule has 3 N–H and O–H groups in total. The van der Waals surface area contributed by atoms with Gasteiger partial charge in [-0.3, -0.25) is 37.3 Å². The van der Waals surface area contributed by atoms with Crippen molar-refractivity contribution in [3.8, 4) is 0 Å². The number of phosphoric ester groups is 2. The maximum absolute atomic E-state index is 13.1. The SMILES string of the molecule is CCCCCC/C=C\C=C/CCCCCCCC(=O)OC[C@H](COP(=O)(O)OC[C@@H](O)COP(=O)(O)OC[C@@H](COC(=O)CCCCCCCCCCC)OC(=O)CCCCCCCCCCCC(C)C)OC(=O)CCCCCCCCCCCCCCCCC(C)CC. The van der Waals surface area contributed by atoms with Gasteiger partial charge >= 0.3 is 39.5 Å². The first-order valence-corrected chi connectivity index (χ1v) is 41.3. The molecule has 0 radical (unpaired) electrons. The first-order valence-electron chi connectivity index (χ1n) is 38.3. The molecule has 0 aliphatic carbocycles. The first kappa shape index (κ1) is 91.5. The third kappa shape index (κ3) is 66.8. The summed E-state index contributed by atoms with van der Waals surface area (Å²) >= 11 is 0. The summed E-state index contributed by atoms with van der Waals surface area (Å²) in [6, 6.07) is 0. The van der Waals surface area contributed by atoms with Crippen LogP contribution < -0.4 is 0 Å². The van der Waals surface area contributed by atoms with Gasteiger partial charge in [-0.05, 0) is 63.2 Å². The Hall–Kier alpha value is -2.46. The van der Waals surface area contributed by atoms with Crippen molar-refractivity contribution in [1.29, 1.82) is 0 Å². The highest BCUT2D eigenvalue weighted by Crippen LogP contribution is 2.45. The van der Waals surface area contributed by atoms with Crippen LogP contribution in [0.25, 0.3) is 0 Å². The molecule has 0 aliphatic rings. The predicted molar refractivity (Wildman–Crippen MR) is 381 cm³/mol. The highest BCUT2D eigenvalue weighted by molar-refractivity contribution is 7.47. The normalized spacial score (nSPS) is 14.5. The molecule has 3 unspecified atom stereocenters. The number of carbonyl (C=O) groups is 4. The lowest BCUT2D eigenvalue weighted by molar-refractivity contribution is -0.161. The van der Waals surface area contributed by atoms with E-state index in [1.54, 1.807) is 0 Å². The number of unbranched alkanes of at least 4 members (excludes halogenated alkanes) is 38. The van der Waals surface area contributed by atoms with E-state index in [1.807, 2.05) is 0 Å². The molecule has 0 rings (SSSR count). The second-order valence-electron chi connectivity index (χ2n) is 27.1. The van der Waals surface area contributed by atoms with Gasteiger partial charge in [0.2, 0.25) is 0 Å². The molecule has 0 aromatic rings. The number of aliphatic hydroxyl groups excluding tert-OH is 1. The molecule has 0 fully saturated rings. The molecule has 0 amide bonds. The molecule has 0 aromatic heterocycles. The number of carbonyl (C=O) groups excluding carboxylic acids is 4. The zero-order valence-electron chi connectivity index (χ0n) is 60.7. The molecule has 0 aromatic carbocycles. The molecule has 0 heterocycles. The Morgan fingerprint density at radius 2 is 0.628 bits per heavy atom. The van der Waals surface area contributed by atoms with Gasteiger partial charge in [0.05, 0.1) is 26.4 Å². The molecular weight excluding hydrogens is 1230 g/mol. The Kier molecular flexibility index (Phi) is 64.7. The van der Waals surface area contributed by atoms with Gasteiger partial charge < -0.3 is 33.8 Å². The van der Waals surface area contributed by atoms with Crippen LogP contribution in [0.5, 0.6) is 0 Å². The van der Waals surface area contributed by atoms with E-state index in [1.165, 1.54) is 161 Å². The molecule has 6 atom stereocenters. The maximum Gasteiger partial charge on any atom is 0.472 e. The third-order valence-corrected chi connectivity index (χ3v) is 19.1. The third-order valence-electron chi connectivity index (χ3n) is 17.2. The fourth-order valence-electron chi connectivity index (χ4n) is 10.9. The van der Waals surface area contributed by atoms with E-state index >= 15 is 0 Å². The summed E-state index contributed by atoms with van der Waals surface area (Å²) in [6.07, 6.45) is 56.2. The van der Waals surface area contributed by atoms with Crippen molar-refractivity contribution in [2.24, 2.45) is 11.8 Å². The van der Waals surface area contributed by atoms with E-state index in [9.17, 15) is 43.2 Å². The van der Waals surface area contributed by atoms with E-state index in [-0.39, 0.29) is 25.7 Å². The number of aliphatic hydroxyl groups is 1. The predicted octanol–water partition coefficient (Wildman–Crippen LogP) is 21.5. The number of hydrogen-bond donors (Lipinski definition) is 3. The molecule has 0 saturated heterocycles. The number of rotatable bonds is 72. The Balaban J connectivity index is 5.27. The van der Waals surface area contributed by atoms with E-state index in [0.29, 0.717) is 25.7 Å². The highest BCUT2D eigenvalue weighted by atomic mass is 31.2. The summed E-state index contributed by atoms with van der Waals surface area (Å²) in [5.41, 5.74) is 0. The summed E-state index contributed by atoms with van der Waals surface area (Å²) in [4.78, 5) is 72.7. The number of phosphoric acid groups is 2. The fourth-order valence-corrected chi connectivity index (χ4v) is 12.5. The monoisotopic (exact) mass is 1380 g/mol. The van der Waals surface area contributed by atoms with Crippen molar-refractivity contribution in [3.63, 3.8) is 0 Å². The first-order chi connectivity index (χ1) is 45.4. The summed E-state index contributed by atoms with van der Waals surface area (Å²) in [5.74, 6) is -0.570. The van der Waals surface area contributed by atoms with Crippen LogP contribution in [0.1, 0.15) is 363 Å². The largest absolute Gasteiger partial charge is 0.472 e. The molecule has 17 nitrogen and oxygen atoms in total. The zero-order valence-corrected chi connectivity index (χ0v) is 62.5. The standard InChI is InChI=1S/C75H142O17P2/c1-7-10-12-14-16-18-19-20-21-25-28-34-40-46-52-58-73(78)86-64-71(91-74(79)59-53-47-41-35-29-26-23-22-24-27-33-38-44-50-56-68(6)9-3)66-90-94(83,84)88-62-69(76)61-87-93(81,82)89-65-70(63-85-72(77)57-51-45-39-31-17-15-13-11-8-2)92-75(80)60-54-48-42-36-30-32-37-43-49-55-67(4)5/h18-21,67-71,76H,7-17,22-66H2,1-6H3,(H,81,82)(H,83,84)/b19-18-,21-20-/t68?,69-,70+,71+/m0/s1. The van der Waals surface area contributed by atoms with Gasteiger partial charge in [0.1, 0.15) is 19.3 Å². The quantitative estimate of drug-likeness (QED) is 0.0169. The molecule has 0 saturated carbocycles. The van der Waals surface area contributed by atoms with Crippen molar-refractivity contribution in [3.05, 3.63) is 24.3 Å². The molecule has 94 heavy (non-hydrogen) atoms. The van der Waals surface area contributed by atoms with Crippen LogP contribution in [0.4, 0.5) is 0 Å². The Labute approximate surface area is 573 Å². The summed E-state index contributed by atoms with van der Waals surface area (Å²) < 4.78 is 68.4. The van der Waals surface area contributed by atoms with Crippen LogP contribution in [0.2, 0.25) is 0 Å². The molecular formula is C75H142O17P2. The van der Waals surface area contributed by atoms with Gasteiger partial charge in [0, 0.05) is 25.7 Å². The average Bonchev–Trinajstić information content (AvgIpc) is 1.26. The zero-order chi connectivity index (χ0) is 69.3. The van der Waals surface area contributed by atoms with Gasteiger partial charge in [-0.2, -0.15) is 0 Å². The Bertz CT molecular complexity index is 1920. The minimum Gasteiger partial charge on any atom is -0.462 e. The van der Waals surface area contributed by atoms with Crippen molar-refractivity contribution in [2.75, 3.05) is 39.6 Å². The van der Waals surface area contributed by atoms with Crippen molar-refractivity contribution in [2.45, 2.75) is 381 Å². The van der Waals surface area contributed by atoms with Crippen molar-refractivity contribution < 1.29 is 80.2 Å². The number of ether oxygens (including phenoxy) is 4. The average molecular weight is 1380 g/mol. The molecule has 19 heteroatoms. The van der Waals surface area contributed by atoms with Crippen LogP contribution in [0.15, 0.2) is 24.3 Å². The molecule has 0 aliphatic heterocycles. The van der Waals surface area contributed by atoms with Gasteiger partial charge in [0.25, 0.3) is 0 Å². The van der Waals surface area contributed by atoms with Gasteiger partial charge in [-0.25, -0.2) is 9.13 Å². The highest BCUT2D eigenvalue weighted by Gasteiger charge is 2.30. The van der Waals surface area contributed by atoms with Crippen LogP contribution in [0, 0.1) is 11.8 Å². The molecule has 0 spiro atoms. The minimum absolute atomic E-state index is 0.101. The van der Waals surface area contributed by atoms with Gasteiger partial charge in [-0.1, -0.05) is 310 Å². The lowest BCUT2D eigenvalue weighted by atomic mass is 9.99. The summed E-state index contributed by atoms with van der Waals surface area (Å²) in [5, 5.41) is 10.6. The van der Waals surface area contributed by atoms with Gasteiger partial charge in [0.15, 0.2) is 12.2 Å². The number of allylic oxidation sites excluding steroid dienone is 4. The maximum atomic E-state index is 13.1. The lowest BCUT2D eigenvalue weighted by Crippen LogP contribution is -2.30. The topological polar surface area (TPSA) is 237 Å². The summed E-state index contributed by atoms with van der Waals surface area (Å²) in [6.45, 7) is 9.53. The van der Waals surface area contributed by atoms with Crippen LogP contribution in [0.3, 0.4) is 0 Å². The van der Waals surface area contributed by atoms with Crippen molar-refractivity contribution in [1.82, 2.24) is 0 Å². The van der Waals surface area contributed by atoms with E-state index in [2.05, 4.69) is 65.8 Å². The Morgan fingerprint density at radius 3 is 0.957 bits per heavy atom. The smallest absolute Gasteiger partial charge is 0.462 e. The Morgan fingerprint density at radius 1 is 0.351 bits per heavy atom. The number of hydrogen-bond acceptors (Lipinski definition) is 15. The van der Waals surface area contributed by atoms with Crippen LogP contribution in [-0.2, 0) is 65.4 Å². The van der Waals surface area contributed by atoms with Gasteiger partial charge in [-0.15, -0.1) is 0 Å². The molecule has 554 valence electrons. The summed E-state index contributed by atoms with van der Waals surface area (Å²) in [7, 11) is -9.92. The number of esters is 4. The van der Waals surface area contributed by atoms with E-state index in [0.717, 1.165) is 121 Å².